The number of carbonyl (C=O) groups excluding carboxylic acids is 2. The maximum Gasteiger partial charge on any atom is 0.307 e. The Morgan fingerprint density at radius 3 is 1.46 bits per heavy atom. The Hall–Kier alpha value is -1.22. The monoisotopic (exact) mass is 348 g/mol. The maximum atomic E-state index is 11.5. The van der Waals surface area contributed by atoms with Crippen LogP contribution in [0.15, 0.2) is 0 Å². The van der Waals surface area contributed by atoms with Crippen molar-refractivity contribution in [2.45, 2.75) is 25.7 Å². The molecule has 8 nitrogen and oxygen atoms in total. The molecule has 8 heteroatoms. The lowest BCUT2D eigenvalue weighted by Crippen LogP contribution is -2.25. The highest BCUT2D eigenvalue weighted by Crippen LogP contribution is 1.97. The number of aliphatic hydroxyl groups excluding tert-OH is 2. The van der Waals surface area contributed by atoms with Crippen LogP contribution in [0, 0.1) is 0 Å². The largest absolute Gasteiger partial charge is 0.466 e. The molecule has 0 radical (unpaired) electrons. The number of likely N-dealkylation sites (N-methyl/N-ethyl adjacent to an activating group) is 2. The lowest BCUT2D eigenvalue weighted by Gasteiger charge is -2.14. The summed E-state index contributed by atoms with van der Waals surface area (Å²) in [6.45, 7) is 2.97. The lowest BCUT2D eigenvalue weighted by atomic mass is 10.3. The van der Waals surface area contributed by atoms with Gasteiger partial charge in [-0.15, -0.1) is 0 Å². The van der Waals surface area contributed by atoms with E-state index in [9.17, 15) is 9.59 Å². The van der Waals surface area contributed by atoms with Gasteiger partial charge < -0.3 is 29.5 Å². The zero-order valence-corrected chi connectivity index (χ0v) is 14.9. The van der Waals surface area contributed by atoms with Gasteiger partial charge in [0.15, 0.2) is 0 Å². The Bertz CT molecular complexity index is 309. The van der Waals surface area contributed by atoms with E-state index < -0.39 is 0 Å². The van der Waals surface area contributed by atoms with Crippen LogP contribution in [-0.2, 0) is 19.1 Å². The molecule has 0 aliphatic rings. The van der Waals surface area contributed by atoms with Crippen LogP contribution < -0.4 is 0 Å². The van der Waals surface area contributed by atoms with Gasteiger partial charge >= 0.3 is 11.9 Å². The minimum absolute atomic E-state index is 0.0714. The number of unbranched alkanes of at least 4 members (excludes halogenated alkanes) is 1. The fourth-order valence-electron chi connectivity index (χ4n) is 1.85. The molecular formula is C16H32N2O6. The highest BCUT2D eigenvalue weighted by Gasteiger charge is 2.07. The molecule has 0 saturated heterocycles. The number of carbonyl (C=O) groups is 2. The molecule has 0 aliphatic heterocycles. The molecule has 0 bridgehead atoms. The van der Waals surface area contributed by atoms with Crippen LogP contribution in [0.1, 0.15) is 25.7 Å². The van der Waals surface area contributed by atoms with Crippen molar-refractivity contribution in [2.75, 3.05) is 66.7 Å². The molecule has 142 valence electrons. The average Bonchev–Trinajstić information content (AvgIpc) is 2.54. The van der Waals surface area contributed by atoms with Gasteiger partial charge in [-0.25, -0.2) is 0 Å². The number of rotatable bonds is 15. The van der Waals surface area contributed by atoms with E-state index in [1.807, 2.05) is 23.9 Å². The van der Waals surface area contributed by atoms with Crippen LogP contribution in [0.3, 0.4) is 0 Å². The van der Waals surface area contributed by atoms with Gasteiger partial charge in [-0.05, 0) is 26.9 Å². The molecule has 0 spiro atoms. The smallest absolute Gasteiger partial charge is 0.307 e. The molecule has 0 rings (SSSR count). The molecule has 24 heavy (non-hydrogen) atoms. The summed E-state index contributed by atoms with van der Waals surface area (Å²) >= 11 is 0. The Balaban J connectivity index is 3.46. The van der Waals surface area contributed by atoms with Crippen LogP contribution in [-0.4, -0.2) is 98.7 Å². The van der Waals surface area contributed by atoms with E-state index in [1.54, 1.807) is 0 Å². The third-order valence-corrected chi connectivity index (χ3v) is 3.42. The molecule has 0 aliphatic carbocycles. The van der Waals surface area contributed by atoms with E-state index in [0.29, 0.717) is 65.1 Å². The number of ether oxygens (including phenoxy) is 2. The van der Waals surface area contributed by atoms with Crippen molar-refractivity contribution in [2.24, 2.45) is 0 Å². The van der Waals surface area contributed by atoms with Crippen molar-refractivity contribution in [3.05, 3.63) is 0 Å². The van der Waals surface area contributed by atoms with Crippen molar-refractivity contribution in [3.8, 4) is 0 Å². The predicted molar refractivity (Wildman–Crippen MR) is 89.6 cm³/mol. The summed E-state index contributed by atoms with van der Waals surface area (Å²) in [5.41, 5.74) is 0. The second-order valence-corrected chi connectivity index (χ2v) is 5.70. The zero-order valence-electron chi connectivity index (χ0n) is 14.9. The van der Waals surface area contributed by atoms with Crippen molar-refractivity contribution in [3.63, 3.8) is 0 Å². The summed E-state index contributed by atoms with van der Waals surface area (Å²) in [6.07, 6.45) is 1.89. The summed E-state index contributed by atoms with van der Waals surface area (Å²) in [6, 6.07) is 0. The van der Waals surface area contributed by atoms with Gasteiger partial charge in [0.1, 0.15) is 0 Å². The van der Waals surface area contributed by atoms with E-state index in [1.165, 1.54) is 0 Å². The van der Waals surface area contributed by atoms with Crippen LogP contribution >= 0.6 is 0 Å². The molecule has 0 aromatic heterocycles. The molecule has 0 unspecified atom stereocenters. The van der Waals surface area contributed by atoms with Gasteiger partial charge in [-0.1, -0.05) is 0 Å². The van der Waals surface area contributed by atoms with Gasteiger partial charge in [-0.3, -0.25) is 9.59 Å². The van der Waals surface area contributed by atoms with Gasteiger partial charge in [0.25, 0.3) is 0 Å². The fourth-order valence-corrected chi connectivity index (χ4v) is 1.85. The first-order chi connectivity index (χ1) is 11.5. The van der Waals surface area contributed by atoms with E-state index in [4.69, 9.17) is 19.7 Å². The molecular weight excluding hydrogens is 316 g/mol. The normalized spacial score (nSPS) is 11.1. The summed E-state index contributed by atoms with van der Waals surface area (Å²) in [5.74, 6) is -0.521. The molecule has 0 saturated carbocycles. The van der Waals surface area contributed by atoms with Crippen LogP contribution in [0.5, 0.6) is 0 Å². The molecule has 0 heterocycles. The number of hydrogen-bond donors (Lipinski definition) is 2. The Morgan fingerprint density at radius 1 is 0.750 bits per heavy atom. The highest BCUT2D eigenvalue weighted by atomic mass is 16.5. The van der Waals surface area contributed by atoms with E-state index in [2.05, 4.69) is 0 Å². The Labute approximate surface area is 144 Å². The number of nitrogens with zero attached hydrogens (tertiary/aromatic N) is 2. The zero-order chi connectivity index (χ0) is 18.2. The van der Waals surface area contributed by atoms with E-state index >= 15 is 0 Å². The Kier molecular flexibility index (Phi) is 14.5. The van der Waals surface area contributed by atoms with Gasteiger partial charge in [-0.2, -0.15) is 0 Å². The first-order valence-corrected chi connectivity index (χ1v) is 8.39. The standard InChI is InChI=1S/C16H32N2O6/c1-17(9-11-19)7-5-15(21)23-13-3-4-14-24-16(22)6-8-18(2)10-12-20/h19-20H,3-14H2,1-2H3. The fraction of sp³-hybridized carbons (Fsp3) is 0.875. The SMILES string of the molecule is CN(CCO)CCC(=O)OCCCCOC(=O)CCN(C)CCO. The minimum Gasteiger partial charge on any atom is -0.466 e. The van der Waals surface area contributed by atoms with E-state index in [0.717, 1.165) is 0 Å². The van der Waals surface area contributed by atoms with Crippen LogP contribution in [0.2, 0.25) is 0 Å². The predicted octanol–water partition coefficient (Wildman–Crippen LogP) is -0.519. The first-order valence-electron chi connectivity index (χ1n) is 8.39. The summed E-state index contributed by atoms with van der Waals surface area (Å²) in [5, 5.41) is 17.5. The third kappa shape index (κ3) is 14.4. The maximum absolute atomic E-state index is 11.5. The van der Waals surface area contributed by atoms with Gasteiger partial charge in [0, 0.05) is 26.2 Å². The molecule has 0 atom stereocenters. The molecule has 0 aromatic carbocycles. The second-order valence-electron chi connectivity index (χ2n) is 5.70. The first kappa shape index (κ1) is 22.8. The summed E-state index contributed by atoms with van der Waals surface area (Å²) in [7, 11) is 3.67. The number of hydrogen-bond acceptors (Lipinski definition) is 8. The van der Waals surface area contributed by atoms with E-state index in [-0.39, 0.29) is 25.2 Å². The average molecular weight is 348 g/mol. The van der Waals surface area contributed by atoms with Crippen molar-refractivity contribution >= 4 is 11.9 Å². The third-order valence-electron chi connectivity index (χ3n) is 3.42. The van der Waals surface area contributed by atoms with Crippen molar-refractivity contribution < 1.29 is 29.3 Å². The summed E-state index contributed by atoms with van der Waals surface area (Å²) in [4.78, 5) is 26.7. The quantitative estimate of drug-likeness (QED) is 0.301. The lowest BCUT2D eigenvalue weighted by molar-refractivity contribution is -0.146. The molecule has 2 N–H and O–H groups in total. The summed E-state index contributed by atoms with van der Waals surface area (Å²) < 4.78 is 10.2. The van der Waals surface area contributed by atoms with Crippen LogP contribution in [0.4, 0.5) is 0 Å². The number of esters is 2. The minimum atomic E-state index is -0.260. The van der Waals surface area contributed by atoms with Crippen molar-refractivity contribution in [1.29, 1.82) is 0 Å². The molecule has 0 aromatic rings. The second kappa shape index (κ2) is 15.3. The molecule has 0 fully saturated rings. The Morgan fingerprint density at radius 2 is 1.12 bits per heavy atom. The highest BCUT2D eigenvalue weighted by molar-refractivity contribution is 5.69. The molecule has 0 amide bonds. The number of aliphatic hydroxyl groups is 2. The van der Waals surface area contributed by atoms with Gasteiger partial charge in [0.2, 0.25) is 0 Å². The van der Waals surface area contributed by atoms with Gasteiger partial charge in [0.05, 0.1) is 39.3 Å². The topological polar surface area (TPSA) is 99.5 Å². The van der Waals surface area contributed by atoms with Crippen LogP contribution in [0.25, 0.3) is 0 Å². The van der Waals surface area contributed by atoms with Crippen molar-refractivity contribution in [1.82, 2.24) is 9.80 Å².